The zero-order chi connectivity index (χ0) is 15.5. The van der Waals surface area contributed by atoms with Gasteiger partial charge in [0, 0.05) is 17.1 Å². The molecule has 1 heterocycles. The van der Waals surface area contributed by atoms with E-state index in [2.05, 4.69) is 10.3 Å². The van der Waals surface area contributed by atoms with Gasteiger partial charge < -0.3 is 15.0 Å². The molecule has 2 aromatic carbocycles. The van der Waals surface area contributed by atoms with Crippen molar-refractivity contribution in [1.29, 1.82) is 0 Å². The van der Waals surface area contributed by atoms with E-state index in [0.717, 1.165) is 0 Å². The fraction of sp³-hybridized carbons (Fsp3) is 0.118. The summed E-state index contributed by atoms with van der Waals surface area (Å²) < 4.78 is 19.1. The number of anilines is 1. The van der Waals surface area contributed by atoms with Crippen LogP contribution in [0.15, 0.2) is 48.7 Å². The number of carbonyl (C=O) groups excluding carboxylic acids is 1. The number of rotatable bonds is 4. The van der Waals surface area contributed by atoms with Crippen molar-refractivity contribution >= 4 is 22.5 Å². The zero-order valence-corrected chi connectivity index (χ0v) is 12.0. The van der Waals surface area contributed by atoms with Crippen molar-refractivity contribution in [3.05, 3.63) is 60.0 Å². The smallest absolute Gasteiger partial charge is 0.228 e. The first-order valence-corrected chi connectivity index (χ1v) is 6.86. The lowest BCUT2D eigenvalue weighted by Crippen LogP contribution is -2.14. The molecule has 0 aliphatic carbocycles. The number of hydrogen-bond donors (Lipinski definition) is 2. The van der Waals surface area contributed by atoms with Gasteiger partial charge in [0.15, 0.2) is 0 Å². The molecule has 0 aliphatic heterocycles. The summed E-state index contributed by atoms with van der Waals surface area (Å²) in [5.41, 5.74) is 1.90. The van der Waals surface area contributed by atoms with Crippen molar-refractivity contribution in [3.8, 4) is 5.75 Å². The Labute approximate surface area is 126 Å². The zero-order valence-electron chi connectivity index (χ0n) is 12.0. The highest BCUT2D eigenvalue weighted by Crippen LogP contribution is 2.25. The van der Waals surface area contributed by atoms with Crippen molar-refractivity contribution in [3.63, 3.8) is 0 Å². The lowest BCUT2D eigenvalue weighted by molar-refractivity contribution is -0.115. The summed E-state index contributed by atoms with van der Waals surface area (Å²) in [5, 5.41) is 3.24. The summed E-state index contributed by atoms with van der Waals surface area (Å²) >= 11 is 0. The number of hydrogen-bond acceptors (Lipinski definition) is 2. The highest BCUT2D eigenvalue weighted by atomic mass is 19.1. The van der Waals surface area contributed by atoms with E-state index in [0.29, 0.717) is 27.9 Å². The lowest BCUT2D eigenvalue weighted by Gasteiger charge is -2.09. The number of ether oxygens (including phenoxy) is 1. The minimum absolute atomic E-state index is 0.0823. The Balaban J connectivity index is 1.82. The number of aromatic amines is 1. The monoisotopic (exact) mass is 298 g/mol. The number of fused-ring (bicyclic) bond motifs is 1. The molecule has 0 bridgehead atoms. The van der Waals surface area contributed by atoms with Gasteiger partial charge >= 0.3 is 0 Å². The molecule has 4 nitrogen and oxygen atoms in total. The van der Waals surface area contributed by atoms with E-state index < -0.39 is 0 Å². The summed E-state index contributed by atoms with van der Waals surface area (Å²) in [5.74, 6) is 0.0217. The van der Waals surface area contributed by atoms with Crippen molar-refractivity contribution in [2.45, 2.75) is 6.42 Å². The summed E-state index contributed by atoms with van der Waals surface area (Å²) in [7, 11) is 1.54. The Morgan fingerprint density at radius 2 is 2.05 bits per heavy atom. The first-order chi connectivity index (χ1) is 10.7. The highest BCUT2D eigenvalue weighted by molar-refractivity contribution is 5.96. The molecule has 0 unspecified atom stereocenters. The van der Waals surface area contributed by atoms with E-state index in [1.54, 1.807) is 37.6 Å². The highest BCUT2D eigenvalue weighted by Gasteiger charge is 2.13. The maximum atomic E-state index is 13.9. The van der Waals surface area contributed by atoms with Gasteiger partial charge in [-0.05, 0) is 29.8 Å². The van der Waals surface area contributed by atoms with Gasteiger partial charge in [-0.1, -0.05) is 18.2 Å². The van der Waals surface area contributed by atoms with Crippen molar-refractivity contribution < 1.29 is 13.9 Å². The van der Waals surface area contributed by atoms with E-state index in [1.165, 1.54) is 6.07 Å². The first-order valence-electron chi connectivity index (χ1n) is 6.86. The number of para-hydroxylation sites is 2. The summed E-state index contributed by atoms with van der Waals surface area (Å²) in [6.45, 7) is 0. The third kappa shape index (κ3) is 2.65. The average Bonchev–Trinajstić information content (AvgIpc) is 2.92. The Morgan fingerprint density at radius 3 is 2.86 bits per heavy atom. The second kappa shape index (κ2) is 5.89. The molecule has 0 atom stereocenters. The van der Waals surface area contributed by atoms with Gasteiger partial charge in [0.25, 0.3) is 0 Å². The van der Waals surface area contributed by atoms with E-state index in [4.69, 9.17) is 4.74 Å². The van der Waals surface area contributed by atoms with Gasteiger partial charge in [-0.3, -0.25) is 4.79 Å². The maximum absolute atomic E-state index is 13.9. The first kappa shape index (κ1) is 14.1. The Kier molecular flexibility index (Phi) is 3.78. The van der Waals surface area contributed by atoms with Gasteiger partial charge in [0.2, 0.25) is 5.91 Å². The second-order valence-corrected chi connectivity index (χ2v) is 4.90. The summed E-state index contributed by atoms with van der Waals surface area (Å²) in [6.07, 6.45) is 1.74. The van der Waals surface area contributed by atoms with Gasteiger partial charge in [-0.15, -0.1) is 0 Å². The molecule has 1 aromatic heterocycles. The quantitative estimate of drug-likeness (QED) is 0.774. The molecule has 0 spiro atoms. The molecule has 2 N–H and O–H groups in total. The SMILES string of the molecule is COc1ccccc1NC(=O)Cc1c[nH]c2cccc(F)c12. The van der Waals surface area contributed by atoms with Crippen LogP contribution in [0.4, 0.5) is 10.1 Å². The van der Waals surface area contributed by atoms with Gasteiger partial charge in [0.05, 0.1) is 19.2 Å². The van der Waals surface area contributed by atoms with E-state index in [1.807, 2.05) is 12.1 Å². The van der Waals surface area contributed by atoms with Crippen LogP contribution < -0.4 is 10.1 Å². The molecule has 0 saturated heterocycles. The third-order valence-electron chi connectivity index (χ3n) is 3.47. The van der Waals surface area contributed by atoms with E-state index in [9.17, 15) is 9.18 Å². The average molecular weight is 298 g/mol. The fourth-order valence-electron chi connectivity index (χ4n) is 2.46. The van der Waals surface area contributed by atoms with Crippen LogP contribution >= 0.6 is 0 Å². The molecule has 3 rings (SSSR count). The van der Waals surface area contributed by atoms with Crippen LogP contribution in [0, 0.1) is 5.82 Å². The summed E-state index contributed by atoms with van der Waals surface area (Å²) in [6, 6.07) is 11.9. The molecule has 5 heteroatoms. The number of benzene rings is 2. The molecule has 0 radical (unpaired) electrons. The third-order valence-corrected chi connectivity index (χ3v) is 3.47. The van der Waals surface area contributed by atoms with Crippen LogP contribution in [0.2, 0.25) is 0 Å². The van der Waals surface area contributed by atoms with Crippen LogP contribution in [0.3, 0.4) is 0 Å². The number of H-pyrrole nitrogens is 1. The fourth-order valence-corrected chi connectivity index (χ4v) is 2.46. The minimum atomic E-state index is -0.334. The Bertz CT molecular complexity index is 826. The predicted molar refractivity (Wildman–Crippen MR) is 83.6 cm³/mol. The molecule has 3 aromatic rings. The topological polar surface area (TPSA) is 54.1 Å². The minimum Gasteiger partial charge on any atom is -0.495 e. The second-order valence-electron chi connectivity index (χ2n) is 4.90. The normalized spacial score (nSPS) is 10.6. The molecular formula is C17H15FN2O2. The van der Waals surface area contributed by atoms with E-state index in [-0.39, 0.29) is 18.1 Å². The number of nitrogens with one attached hydrogen (secondary N) is 2. The predicted octanol–water partition coefficient (Wildman–Crippen LogP) is 3.50. The van der Waals surface area contributed by atoms with Crippen LogP contribution in [-0.4, -0.2) is 18.0 Å². The van der Waals surface area contributed by atoms with Crippen LogP contribution in [-0.2, 0) is 11.2 Å². The standard InChI is InChI=1S/C17H15FN2O2/c1-22-15-8-3-2-6-13(15)20-16(21)9-11-10-19-14-7-4-5-12(18)17(11)14/h2-8,10,19H,9H2,1H3,(H,20,21). The largest absolute Gasteiger partial charge is 0.495 e. The van der Waals surface area contributed by atoms with Crippen molar-refractivity contribution in [1.82, 2.24) is 4.98 Å². The Morgan fingerprint density at radius 1 is 1.23 bits per heavy atom. The number of aromatic nitrogens is 1. The van der Waals surface area contributed by atoms with E-state index >= 15 is 0 Å². The number of halogens is 1. The molecule has 0 saturated carbocycles. The number of methoxy groups -OCH3 is 1. The molecule has 0 fully saturated rings. The number of carbonyl (C=O) groups is 1. The molecule has 112 valence electrons. The van der Waals surface area contributed by atoms with Crippen LogP contribution in [0.25, 0.3) is 10.9 Å². The van der Waals surface area contributed by atoms with Crippen molar-refractivity contribution in [2.75, 3.05) is 12.4 Å². The van der Waals surface area contributed by atoms with Crippen LogP contribution in [0.1, 0.15) is 5.56 Å². The summed E-state index contributed by atoms with van der Waals surface area (Å²) in [4.78, 5) is 15.2. The van der Waals surface area contributed by atoms with Gasteiger partial charge in [0.1, 0.15) is 11.6 Å². The molecule has 0 aliphatic rings. The van der Waals surface area contributed by atoms with Gasteiger partial charge in [-0.25, -0.2) is 4.39 Å². The van der Waals surface area contributed by atoms with Crippen molar-refractivity contribution in [2.24, 2.45) is 0 Å². The molecule has 22 heavy (non-hydrogen) atoms. The Hall–Kier alpha value is -2.82. The molecule has 1 amide bonds. The molecular weight excluding hydrogens is 283 g/mol. The number of amides is 1. The lowest BCUT2D eigenvalue weighted by atomic mass is 10.1. The van der Waals surface area contributed by atoms with Gasteiger partial charge in [-0.2, -0.15) is 0 Å². The van der Waals surface area contributed by atoms with Crippen LogP contribution in [0.5, 0.6) is 5.75 Å². The maximum Gasteiger partial charge on any atom is 0.228 e.